The summed E-state index contributed by atoms with van der Waals surface area (Å²) >= 11 is 0. The molecule has 3 heterocycles. The van der Waals surface area contributed by atoms with Gasteiger partial charge in [-0.1, -0.05) is 25.5 Å². The predicted octanol–water partition coefficient (Wildman–Crippen LogP) is 3.23. The average molecular weight is 337 g/mol. The van der Waals surface area contributed by atoms with Crippen molar-refractivity contribution in [3.8, 4) is 0 Å². The third-order valence-corrected chi connectivity index (χ3v) is 5.08. The highest BCUT2D eigenvalue weighted by Crippen LogP contribution is 2.34. The fraction of sp³-hybridized carbons (Fsp3) is 0.421. The summed E-state index contributed by atoms with van der Waals surface area (Å²) in [6, 6.07) is 8.14. The van der Waals surface area contributed by atoms with Crippen LogP contribution in [0.15, 0.2) is 30.5 Å². The van der Waals surface area contributed by atoms with Crippen LogP contribution in [0.25, 0.3) is 11.0 Å². The quantitative estimate of drug-likeness (QED) is 0.795. The maximum atomic E-state index is 13.1. The number of nitrogens with zero attached hydrogens (tertiary/aromatic N) is 4. The average Bonchev–Trinajstić information content (AvgIpc) is 3.34. The molecule has 1 aromatic carbocycles. The second kappa shape index (κ2) is 6.35. The lowest BCUT2D eigenvalue weighted by Crippen LogP contribution is -2.32. The zero-order valence-electron chi connectivity index (χ0n) is 14.7. The highest BCUT2D eigenvalue weighted by atomic mass is 16.2. The molecule has 0 aliphatic carbocycles. The topological polar surface area (TPSA) is 66.8 Å². The first-order valence-electron chi connectivity index (χ1n) is 8.95. The molecule has 1 fully saturated rings. The molecule has 6 nitrogen and oxygen atoms in total. The van der Waals surface area contributed by atoms with E-state index in [0.29, 0.717) is 5.56 Å². The van der Waals surface area contributed by atoms with Crippen LogP contribution in [0, 0.1) is 0 Å². The molecule has 2 aromatic heterocycles. The molecule has 4 rings (SSSR count). The fourth-order valence-electron chi connectivity index (χ4n) is 3.83. The summed E-state index contributed by atoms with van der Waals surface area (Å²) in [5, 5.41) is 7.07. The Morgan fingerprint density at radius 2 is 2.20 bits per heavy atom. The second-order valence-electron chi connectivity index (χ2n) is 6.69. The van der Waals surface area contributed by atoms with Crippen molar-refractivity contribution in [1.82, 2.24) is 24.6 Å². The molecule has 0 radical (unpaired) electrons. The number of carbonyl (C=O) groups is 1. The number of hydrogen-bond donors (Lipinski definition) is 1. The summed E-state index contributed by atoms with van der Waals surface area (Å²) in [6.07, 6.45) is 5.44. The molecule has 0 bridgehead atoms. The first-order valence-corrected chi connectivity index (χ1v) is 8.95. The number of amides is 1. The van der Waals surface area contributed by atoms with Gasteiger partial charge in [-0.15, -0.1) is 0 Å². The highest BCUT2D eigenvalue weighted by molar-refractivity contribution is 5.95. The molecule has 1 aliphatic rings. The number of rotatable bonds is 4. The van der Waals surface area contributed by atoms with Crippen molar-refractivity contribution >= 4 is 16.9 Å². The Bertz CT molecular complexity index is 910. The van der Waals surface area contributed by atoms with E-state index in [1.54, 1.807) is 6.20 Å². The van der Waals surface area contributed by atoms with Crippen molar-refractivity contribution in [1.29, 1.82) is 0 Å². The van der Waals surface area contributed by atoms with Gasteiger partial charge in [0.1, 0.15) is 5.82 Å². The first kappa shape index (κ1) is 15.9. The summed E-state index contributed by atoms with van der Waals surface area (Å²) in [7, 11) is 2.03. The Hall–Kier alpha value is -2.63. The SMILES string of the molecule is CCCc1[nH]ncc1C(=O)N1CCC[C@@H]1c1nc2ccccc2n1C. The van der Waals surface area contributed by atoms with E-state index in [0.717, 1.165) is 54.8 Å². The van der Waals surface area contributed by atoms with Gasteiger partial charge in [0.25, 0.3) is 5.91 Å². The monoisotopic (exact) mass is 337 g/mol. The van der Waals surface area contributed by atoms with E-state index in [2.05, 4.69) is 27.8 Å². The van der Waals surface area contributed by atoms with Crippen LogP contribution < -0.4 is 0 Å². The van der Waals surface area contributed by atoms with Gasteiger partial charge in [-0.2, -0.15) is 5.10 Å². The van der Waals surface area contributed by atoms with E-state index in [9.17, 15) is 4.79 Å². The number of carbonyl (C=O) groups excluding carboxylic acids is 1. The molecule has 0 spiro atoms. The lowest BCUT2D eigenvalue weighted by molar-refractivity contribution is 0.0727. The van der Waals surface area contributed by atoms with Crippen LogP contribution in [0.2, 0.25) is 0 Å². The van der Waals surface area contributed by atoms with Gasteiger partial charge in [0.15, 0.2) is 0 Å². The summed E-state index contributed by atoms with van der Waals surface area (Å²) in [5.41, 5.74) is 3.72. The number of fused-ring (bicyclic) bond motifs is 1. The van der Waals surface area contributed by atoms with Crippen LogP contribution >= 0.6 is 0 Å². The van der Waals surface area contributed by atoms with Gasteiger partial charge in [0, 0.05) is 19.3 Å². The van der Waals surface area contributed by atoms with Gasteiger partial charge in [0.05, 0.1) is 28.8 Å². The molecule has 25 heavy (non-hydrogen) atoms. The number of likely N-dealkylation sites (tertiary alicyclic amines) is 1. The van der Waals surface area contributed by atoms with Gasteiger partial charge in [-0.25, -0.2) is 4.98 Å². The molecule has 1 atom stereocenters. The number of hydrogen-bond acceptors (Lipinski definition) is 3. The molecule has 1 N–H and O–H groups in total. The van der Waals surface area contributed by atoms with Crippen molar-refractivity contribution in [3.05, 3.63) is 47.5 Å². The van der Waals surface area contributed by atoms with Gasteiger partial charge in [0.2, 0.25) is 0 Å². The smallest absolute Gasteiger partial charge is 0.257 e. The first-order chi connectivity index (χ1) is 12.2. The summed E-state index contributed by atoms with van der Waals surface area (Å²) in [4.78, 5) is 19.9. The lowest BCUT2D eigenvalue weighted by Gasteiger charge is -2.24. The Kier molecular flexibility index (Phi) is 4.03. The molecule has 3 aromatic rings. The summed E-state index contributed by atoms with van der Waals surface area (Å²) in [6.45, 7) is 2.87. The number of para-hydroxylation sites is 2. The molecule has 6 heteroatoms. The molecule has 0 saturated carbocycles. The minimum Gasteiger partial charge on any atom is -0.329 e. The third-order valence-electron chi connectivity index (χ3n) is 5.08. The molecular formula is C19H23N5O. The predicted molar refractivity (Wildman–Crippen MR) is 96.3 cm³/mol. The van der Waals surface area contributed by atoms with Crippen molar-refractivity contribution in [2.24, 2.45) is 7.05 Å². The maximum Gasteiger partial charge on any atom is 0.257 e. The zero-order valence-corrected chi connectivity index (χ0v) is 14.7. The number of aromatic amines is 1. The molecule has 1 saturated heterocycles. The van der Waals surface area contributed by atoms with E-state index in [4.69, 9.17) is 4.98 Å². The van der Waals surface area contributed by atoms with Crippen LogP contribution in [-0.2, 0) is 13.5 Å². The zero-order chi connectivity index (χ0) is 17.4. The number of aryl methyl sites for hydroxylation is 2. The number of nitrogens with one attached hydrogen (secondary N) is 1. The van der Waals surface area contributed by atoms with Gasteiger partial charge < -0.3 is 9.47 Å². The van der Waals surface area contributed by atoms with Crippen LogP contribution in [0.3, 0.4) is 0 Å². The molecule has 1 amide bonds. The van der Waals surface area contributed by atoms with Crippen molar-refractivity contribution in [2.75, 3.05) is 6.54 Å². The van der Waals surface area contributed by atoms with E-state index >= 15 is 0 Å². The molecule has 0 unspecified atom stereocenters. The number of imidazole rings is 1. The van der Waals surface area contributed by atoms with Gasteiger partial charge in [-0.3, -0.25) is 9.89 Å². The van der Waals surface area contributed by atoms with Gasteiger partial charge in [-0.05, 0) is 31.4 Å². The number of H-pyrrole nitrogens is 1. The van der Waals surface area contributed by atoms with E-state index in [1.807, 2.05) is 30.1 Å². The van der Waals surface area contributed by atoms with Crippen LogP contribution in [-0.4, -0.2) is 37.1 Å². The van der Waals surface area contributed by atoms with E-state index in [1.165, 1.54) is 0 Å². The molecule has 1 aliphatic heterocycles. The standard InChI is InChI=1S/C19H23N5O/c1-3-7-14-13(12-20-22-14)19(25)24-11-6-10-17(24)18-21-15-8-4-5-9-16(15)23(18)2/h4-5,8-9,12,17H,3,6-7,10-11H2,1-2H3,(H,20,22)/t17-/m1/s1. The Balaban J connectivity index is 1.69. The van der Waals surface area contributed by atoms with Gasteiger partial charge >= 0.3 is 0 Å². The van der Waals surface area contributed by atoms with Crippen molar-refractivity contribution in [2.45, 2.75) is 38.6 Å². The highest BCUT2D eigenvalue weighted by Gasteiger charge is 2.34. The maximum absolute atomic E-state index is 13.1. The van der Waals surface area contributed by atoms with Crippen LogP contribution in [0.1, 0.15) is 54.1 Å². The molecule has 130 valence electrons. The summed E-state index contributed by atoms with van der Waals surface area (Å²) in [5.74, 6) is 1.03. The minimum absolute atomic E-state index is 0.0225. The lowest BCUT2D eigenvalue weighted by atomic mass is 10.1. The molecular weight excluding hydrogens is 314 g/mol. The van der Waals surface area contributed by atoms with Crippen LogP contribution in [0.4, 0.5) is 0 Å². The fourth-order valence-corrected chi connectivity index (χ4v) is 3.83. The normalized spacial score (nSPS) is 17.5. The number of aromatic nitrogens is 4. The Morgan fingerprint density at radius 1 is 1.36 bits per heavy atom. The Labute approximate surface area is 146 Å². The second-order valence-corrected chi connectivity index (χ2v) is 6.69. The third kappa shape index (κ3) is 2.62. The number of benzene rings is 1. The van der Waals surface area contributed by atoms with E-state index < -0.39 is 0 Å². The van der Waals surface area contributed by atoms with E-state index in [-0.39, 0.29) is 11.9 Å². The Morgan fingerprint density at radius 3 is 3.00 bits per heavy atom. The summed E-state index contributed by atoms with van der Waals surface area (Å²) < 4.78 is 2.12. The van der Waals surface area contributed by atoms with Crippen molar-refractivity contribution < 1.29 is 4.79 Å². The minimum atomic E-state index is 0.0225. The van der Waals surface area contributed by atoms with Crippen molar-refractivity contribution in [3.63, 3.8) is 0 Å². The largest absolute Gasteiger partial charge is 0.329 e. The van der Waals surface area contributed by atoms with Crippen LogP contribution in [0.5, 0.6) is 0 Å².